The highest BCUT2D eigenvalue weighted by Gasteiger charge is 2.16. The lowest BCUT2D eigenvalue weighted by Crippen LogP contribution is -2.37. The highest BCUT2D eigenvalue weighted by molar-refractivity contribution is 8.00. The van der Waals surface area contributed by atoms with E-state index in [4.69, 9.17) is 0 Å². The number of hydrogen-bond donors (Lipinski definition) is 2. The Morgan fingerprint density at radius 2 is 1.63 bits per heavy atom. The topological polar surface area (TPSA) is 75.3 Å². The van der Waals surface area contributed by atoms with Crippen LogP contribution in [0.25, 0.3) is 0 Å². The Labute approximate surface area is 165 Å². The van der Waals surface area contributed by atoms with E-state index in [0.717, 1.165) is 17.7 Å². The number of carbonyl (C=O) groups excluding carboxylic acids is 1. The Morgan fingerprint density at radius 1 is 0.963 bits per heavy atom. The lowest BCUT2D eigenvalue weighted by atomic mass is 9.95. The second-order valence-corrected chi connectivity index (χ2v) is 9.37. The molecule has 1 aliphatic carbocycles. The summed E-state index contributed by atoms with van der Waals surface area (Å²) in [4.78, 5) is 13.1. The van der Waals surface area contributed by atoms with Crippen LogP contribution in [0.5, 0.6) is 0 Å². The van der Waals surface area contributed by atoms with Crippen molar-refractivity contribution < 1.29 is 13.2 Å². The fourth-order valence-electron chi connectivity index (χ4n) is 3.10. The van der Waals surface area contributed by atoms with Gasteiger partial charge in [-0.2, -0.15) is 0 Å². The van der Waals surface area contributed by atoms with E-state index < -0.39 is 10.0 Å². The molecule has 1 saturated carbocycles. The fourth-order valence-corrected chi connectivity index (χ4v) is 4.87. The van der Waals surface area contributed by atoms with E-state index in [1.165, 1.54) is 31.0 Å². The van der Waals surface area contributed by atoms with Gasteiger partial charge in [-0.25, -0.2) is 8.42 Å². The minimum Gasteiger partial charge on any atom is -0.353 e. The molecular weight excluding hydrogens is 380 g/mol. The maximum atomic E-state index is 12.4. The van der Waals surface area contributed by atoms with Crippen LogP contribution in [0.15, 0.2) is 64.4 Å². The Bertz CT molecular complexity index is 847. The maximum absolute atomic E-state index is 12.4. The van der Waals surface area contributed by atoms with Crippen molar-refractivity contribution in [3.63, 3.8) is 0 Å². The number of para-hydroxylation sites is 1. The van der Waals surface area contributed by atoms with Crippen molar-refractivity contribution in [2.45, 2.75) is 47.9 Å². The van der Waals surface area contributed by atoms with Crippen LogP contribution in [0.2, 0.25) is 0 Å². The van der Waals surface area contributed by atoms with E-state index in [1.807, 2.05) is 6.07 Å². The fraction of sp³-hybridized carbons (Fsp3) is 0.350. The van der Waals surface area contributed by atoms with Crippen LogP contribution in [-0.4, -0.2) is 26.1 Å². The smallest absolute Gasteiger partial charge is 0.261 e. The lowest BCUT2D eigenvalue weighted by molar-refractivity contribution is -0.119. The number of anilines is 1. The number of benzene rings is 2. The number of hydrogen-bond acceptors (Lipinski definition) is 4. The Balaban J connectivity index is 1.53. The van der Waals surface area contributed by atoms with Crippen LogP contribution in [0.4, 0.5) is 5.69 Å². The summed E-state index contributed by atoms with van der Waals surface area (Å²) in [6.45, 7) is 0. The maximum Gasteiger partial charge on any atom is 0.261 e. The molecule has 1 amide bonds. The van der Waals surface area contributed by atoms with Gasteiger partial charge in [-0.15, -0.1) is 11.8 Å². The Hall–Kier alpha value is -1.99. The van der Waals surface area contributed by atoms with Gasteiger partial charge >= 0.3 is 0 Å². The van der Waals surface area contributed by atoms with Crippen LogP contribution in [0.1, 0.15) is 32.1 Å². The molecule has 1 fully saturated rings. The highest BCUT2D eigenvalue weighted by atomic mass is 32.2. The molecule has 0 heterocycles. The van der Waals surface area contributed by atoms with Gasteiger partial charge in [0.1, 0.15) is 0 Å². The summed E-state index contributed by atoms with van der Waals surface area (Å²) in [5, 5.41) is 3.09. The van der Waals surface area contributed by atoms with Crippen LogP contribution in [0.3, 0.4) is 0 Å². The predicted molar refractivity (Wildman–Crippen MR) is 109 cm³/mol. The van der Waals surface area contributed by atoms with Crippen LogP contribution >= 0.6 is 11.8 Å². The zero-order valence-corrected chi connectivity index (χ0v) is 16.7. The number of amides is 1. The standard InChI is InChI=1S/C20H24N2O3S2/c23-20(21-16-7-3-1-4-8-16)15-26-18-11-13-19(14-12-18)27(24,25)22-17-9-5-2-6-10-17/h2,5-6,9-14,16,22H,1,3-4,7-8,15H2,(H,21,23). The van der Waals surface area contributed by atoms with Crippen molar-refractivity contribution in [3.05, 3.63) is 54.6 Å². The van der Waals surface area contributed by atoms with Crippen molar-refractivity contribution in [2.24, 2.45) is 0 Å². The zero-order valence-electron chi connectivity index (χ0n) is 15.1. The monoisotopic (exact) mass is 404 g/mol. The summed E-state index contributed by atoms with van der Waals surface area (Å²) in [5.41, 5.74) is 0.523. The average Bonchev–Trinajstić information content (AvgIpc) is 2.68. The highest BCUT2D eigenvalue weighted by Crippen LogP contribution is 2.22. The molecular formula is C20H24N2O3S2. The van der Waals surface area contributed by atoms with Gasteiger partial charge in [0.05, 0.1) is 10.6 Å². The molecule has 0 unspecified atom stereocenters. The number of thioether (sulfide) groups is 1. The third-order valence-electron chi connectivity index (χ3n) is 4.50. The van der Waals surface area contributed by atoms with E-state index in [-0.39, 0.29) is 10.8 Å². The predicted octanol–water partition coefficient (Wildman–Crippen LogP) is 4.03. The summed E-state index contributed by atoms with van der Waals surface area (Å²) in [5.74, 6) is 0.375. The SMILES string of the molecule is O=C(CSc1ccc(S(=O)(=O)Nc2ccccc2)cc1)NC1CCCCC1. The number of rotatable bonds is 7. The van der Waals surface area contributed by atoms with Crippen molar-refractivity contribution in [1.82, 2.24) is 5.32 Å². The third-order valence-corrected chi connectivity index (χ3v) is 6.91. The molecule has 7 heteroatoms. The molecule has 2 aromatic carbocycles. The van der Waals surface area contributed by atoms with Gasteiger partial charge in [-0.1, -0.05) is 37.5 Å². The zero-order chi connectivity index (χ0) is 19.1. The second kappa shape index (κ2) is 9.28. The lowest BCUT2D eigenvalue weighted by Gasteiger charge is -2.22. The van der Waals surface area contributed by atoms with E-state index >= 15 is 0 Å². The molecule has 2 aromatic rings. The van der Waals surface area contributed by atoms with Gasteiger partial charge in [-0.05, 0) is 49.2 Å². The molecule has 0 saturated heterocycles. The first kappa shape index (κ1) is 19.8. The van der Waals surface area contributed by atoms with E-state index in [1.54, 1.807) is 48.5 Å². The minimum atomic E-state index is -3.62. The molecule has 1 aliphatic rings. The van der Waals surface area contributed by atoms with Gasteiger partial charge in [0.15, 0.2) is 0 Å². The van der Waals surface area contributed by atoms with Crippen molar-refractivity contribution in [1.29, 1.82) is 0 Å². The largest absolute Gasteiger partial charge is 0.353 e. The van der Waals surface area contributed by atoms with Gasteiger partial charge in [0.25, 0.3) is 10.0 Å². The van der Waals surface area contributed by atoms with Crippen molar-refractivity contribution in [2.75, 3.05) is 10.5 Å². The second-order valence-electron chi connectivity index (χ2n) is 6.63. The molecule has 0 aliphatic heterocycles. The quantitative estimate of drug-likeness (QED) is 0.683. The van der Waals surface area contributed by atoms with Crippen LogP contribution < -0.4 is 10.0 Å². The van der Waals surface area contributed by atoms with Crippen LogP contribution in [-0.2, 0) is 14.8 Å². The molecule has 0 radical (unpaired) electrons. The first-order valence-corrected chi connectivity index (χ1v) is 11.6. The number of sulfonamides is 1. The Morgan fingerprint density at radius 3 is 2.30 bits per heavy atom. The van der Waals surface area contributed by atoms with Crippen molar-refractivity contribution in [3.8, 4) is 0 Å². The normalized spacial score (nSPS) is 15.3. The molecule has 0 spiro atoms. The van der Waals surface area contributed by atoms with Gasteiger partial charge in [0, 0.05) is 16.6 Å². The van der Waals surface area contributed by atoms with Gasteiger partial charge in [0.2, 0.25) is 5.91 Å². The molecule has 2 N–H and O–H groups in total. The summed E-state index contributed by atoms with van der Waals surface area (Å²) in [7, 11) is -3.62. The van der Waals surface area contributed by atoms with E-state index in [0.29, 0.717) is 17.5 Å². The summed E-state index contributed by atoms with van der Waals surface area (Å²) >= 11 is 1.41. The van der Waals surface area contributed by atoms with Crippen LogP contribution in [0, 0.1) is 0 Å². The van der Waals surface area contributed by atoms with Gasteiger partial charge in [-0.3, -0.25) is 9.52 Å². The summed E-state index contributed by atoms with van der Waals surface area (Å²) in [6.07, 6.45) is 5.76. The van der Waals surface area contributed by atoms with Gasteiger partial charge < -0.3 is 5.32 Å². The van der Waals surface area contributed by atoms with Crippen molar-refractivity contribution >= 4 is 33.4 Å². The van der Waals surface area contributed by atoms with E-state index in [9.17, 15) is 13.2 Å². The Kier molecular flexibility index (Phi) is 6.79. The summed E-state index contributed by atoms with van der Waals surface area (Å²) in [6, 6.07) is 15.7. The minimum absolute atomic E-state index is 0.0364. The molecule has 0 aromatic heterocycles. The molecule has 144 valence electrons. The summed E-state index contributed by atoms with van der Waals surface area (Å²) < 4.78 is 27.4. The molecule has 0 atom stereocenters. The molecule has 0 bridgehead atoms. The van der Waals surface area contributed by atoms with E-state index in [2.05, 4.69) is 10.0 Å². The molecule has 5 nitrogen and oxygen atoms in total. The first-order chi connectivity index (χ1) is 13.0. The molecule has 3 rings (SSSR count). The average molecular weight is 405 g/mol. The molecule has 27 heavy (non-hydrogen) atoms. The number of carbonyl (C=O) groups is 1. The number of nitrogens with one attached hydrogen (secondary N) is 2. The first-order valence-electron chi connectivity index (χ1n) is 9.13. The third kappa shape index (κ3) is 6.01.